The third-order valence-electron chi connectivity index (χ3n) is 2.45. The van der Waals surface area contributed by atoms with Crippen molar-refractivity contribution in [1.29, 1.82) is 0 Å². The second kappa shape index (κ2) is 3.28. The van der Waals surface area contributed by atoms with Gasteiger partial charge in [0.2, 0.25) is 0 Å². The number of nitrogens with zero attached hydrogens (tertiary/aromatic N) is 2. The summed E-state index contributed by atoms with van der Waals surface area (Å²) in [7, 11) is 0. The molecule has 6 nitrogen and oxygen atoms in total. The van der Waals surface area contributed by atoms with Crippen molar-refractivity contribution in [3.8, 4) is 0 Å². The van der Waals surface area contributed by atoms with E-state index >= 15 is 0 Å². The van der Waals surface area contributed by atoms with Gasteiger partial charge < -0.3 is 15.4 Å². The summed E-state index contributed by atoms with van der Waals surface area (Å²) in [6, 6.07) is 0.334. The Morgan fingerprint density at radius 2 is 2.50 bits per heavy atom. The topological polar surface area (TPSA) is 83.8 Å². The molecule has 1 unspecified atom stereocenters. The van der Waals surface area contributed by atoms with E-state index in [0.29, 0.717) is 17.9 Å². The molecule has 2 rings (SSSR count). The molecule has 14 heavy (non-hydrogen) atoms. The van der Waals surface area contributed by atoms with Crippen molar-refractivity contribution in [2.24, 2.45) is 5.92 Å². The third kappa shape index (κ3) is 1.84. The average molecular weight is 196 g/mol. The molecule has 0 saturated heterocycles. The van der Waals surface area contributed by atoms with Crippen LogP contribution in [0.2, 0.25) is 0 Å². The highest BCUT2D eigenvalue weighted by molar-refractivity contribution is 5.33. The number of imidazole rings is 1. The first-order valence-corrected chi connectivity index (χ1v) is 4.63. The molecule has 1 aromatic rings. The minimum Gasteiger partial charge on any atom is -0.358 e. The fraction of sp³-hybridized carbons (Fsp3) is 0.625. The second-order valence-electron chi connectivity index (χ2n) is 3.64. The first-order chi connectivity index (χ1) is 6.66. The highest BCUT2D eigenvalue weighted by Crippen LogP contribution is 2.33. The maximum absolute atomic E-state index is 10.4. The van der Waals surface area contributed by atoms with Gasteiger partial charge >= 0.3 is 5.82 Å². The zero-order valence-electron chi connectivity index (χ0n) is 7.86. The SMILES string of the molecule is CC(Nc1ncc([N+](=O)[O-])[nH]1)C1CC1. The number of rotatable bonds is 4. The highest BCUT2D eigenvalue weighted by Gasteiger charge is 2.28. The van der Waals surface area contributed by atoms with Crippen LogP contribution >= 0.6 is 0 Å². The minimum atomic E-state index is -0.486. The molecule has 0 spiro atoms. The zero-order valence-corrected chi connectivity index (χ0v) is 7.86. The van der Waals surface area contributed by atoms with Gasteiger partial charge in [0.15, 0.2) is 0 Å². The van der Waals surface area contributed by atoms with Crippen LogP contribution < -0.4 is 5.32 Å². The molecule has 0 bridgehead atoms. The van der Waals surface area contributed by atoms with Crippen LogP contribution in [0.3, 0.4) is 0 Å². The quantitative estimate of drug-likeness (QED) is 0.565. The Kier molecular flexibility index (Phi) is 2.11. The molecule has 1 aliphatic rings. The standard InChI is InChI=1S/C8H12N4O2/c1-5(6-2-3-6)10-8-9-4-7(11-8)12(13)14/h4-6H,2-3H2,1H3,(H2,9,10,11). The molecule has 0 aromatic carbocycles. The number of H-pyrrole nitrogens is 1. The normalized spacial score (nSPS) is 17.8. The number of anilines is 1. The first-order valence-electron chi connectivity index (χ1n) is 4.63. The van der Waals surface area contributed by atoms with Gasteiger partial charge in [0.1, 0.15) is 6.20 Å². The average Bonchev–Trinajstić information content (AvgIpc) is 2.87. The molecule has 2 N–H and O–H groups in total. The van der Waals surface area contributed by atoms with Crippen molar-refractivity contribution in [3.05, 3.63) is 16.3 Å². The lowest BCUT2D eigenvalue weighted by atomic mass is 10.2. The van der Waals surface area contributed by atoms with Crippen LogP contribution in [-0.2, 0) is 0 Å². The van der Waals surface area contributed by atoms with Crippen LogP contribution in [0.5, 0.6) is 0 Å². The van der Waals surface area contributed by atoms with E-state index in [1.807, 2.05) is 0 Å². The van der Waals surface area contributed by atoms with E-state index in [1.165, 1.54) is 19.0 Å². The molecule has 0 aliphatic heterocycles. The van der Waals surface area contributed by atoms with Crippen LogP contribution in [0.1, 0.15) is 19.8 Å². The number of nitrogens with one attached hydrogen (secondary N) is 2. The fourth-order valence-corrected chi connectivity index (χ4v) is 1.41. The van der Waals surface area contributed by atoms with E-state index in [4.69, 9.17) is 0 Å². The molecule has 1 saturated carbocycles. The summed E-state index contributed by atoms with van der Waals surface area (Å²) < 4.78 is 0. The lowest BCUT2D eigenvalue weighted by Gasteiger charge is -2.08. The number of aromatic nitrogens is 2. The number of hydrogen-bond donors (Lipinski definition) is 2. The molecular formula is C8H12N4O2. The number of hydrogen-bond acceptors (Lipinski definition) is 4. The van der Waals surface area contributed by atoms with E-state index in [0.717, 1.165) is 0 Å². The largest absolute Gasteiger partial charge is 0.358 e. The van der Waals surface area contributed by atoms with Crippen molar-refractivity contribution in [1.82, 2.24) is 9.97 Å². The smallest absolute Gasteiger partial charge is 0.342 e. The minimum absolute atomic E-state index is 0.0736. The van der Waals surface area contributed by atoms with E-state index < -0.39 is 4.92 Å². The molecule has 1 heterocycles. The third-order valence-corrected chi connectivity index (χ3v) is 2.45. The van der Waals surface area contributed by atoms with Gasteiger partial charge in [-0.2, -0.15) is 4.98 Å². The molecule has 6 heteroatoms. The number of aromatic amines is 1. The van der Waals surface area contributed by atoms with E-state index in [2.05, 4.69) is 22.2 Å². The Morgan fingerprint density at radius 1 is 1.79 bits per heavy atom. The van der Waals surface area contributed by atoms with Gasteiger partial charge in [-0.1, -0.05) is 0 Å². The highest BCUT2D eigenvalue weighted by atomic mass is 16.6. The van der Waals surface area contributed by atoms with Crippen LogP contribution in [0.15, 0.2) is 6.20 Å². The Bertz CT molecular complexity index is 345. The fourth-order valence-electron chi connectivity index (χ4n) is 1.41. The second-order valence-corrected chi connectivity index (χ2v) is 3.64. The molecular weight excluding hydrogens is 184 g/mol. The predicted octanol–water partition coefficient (Wildman–Crippen LogP) is 1.53. The molecule has 1 atom stereocenters. The van der Waals surface area contributed by atoms with Crippen LogP contribution in [0, 0.1) is 16.0 Å². The van der Waals surface area contributed by atoms with Gasteiger partial charge in [-0.25, -0.2) is 4.98 Å². The molecule has 1 fully saturated rings. The molecule has 76 valence electrons. The lowest BCUT2D eigenvalue weighted by Crippen LogP contribution is -2.18. The van der Waals surface area contributed by atoms with Crippen molar-refractivity contribution in [2.75, 3.05) is 5.32 Å². The van der Waals surface area contributed by atoms with Crippen LogP contribution in [0.25, 0.3) is 0 Å². The summed E-state index contributed by atoms with van der Waals surface area (Å²) in [5.74, 6) is 1.10. The van der Waals surface area contributed by atoms with Gasteiger partial charge in [0.25, 0.3) is 5.95 Å². The summed E-state index contributed by atoms with van der Waals surface area (Å²) in [5.41, 5.74) is 0. The van der Waals surface area contributed by atoms with Crippen molar-refractivity contribution < 1.29 is 4.92 Å². The van der Waals surface area contributed by atoms with Crippen LogP contribution in [-0.4, -0.2) is 20.9 Å². The van der Waals surface area contributed by atoms with Crippen LogP contribution in [0.4, 0.5) is 11.8 Å². The van der Waals surface area contributed by atoms with Gasteiger partial charge in [0.05, 0.1) is 0 Å². The lowest BCUT2D eigenvalue weighted by molar-refractivity contribution is -0.389. The monoisotopic (exact) mass is 196 g/mol. The molecule has 0 radical (unpaired) electrons. The van der Waals surface area contributed by atoms with E-state index in [-0.39, 0.29) is 5.82 Å². The maximum Gasteiger partial charge on any atom is 0.342 e. The van der Waals surface area contributed by atoms with Crippen molar-refractivity contribution in [3.63, 3.8) is 0 Å². The van der Waals surface area contributed by atoms with Gasteiger partial charge in [-0.3, -0.25) is 0 Å². The molecule has 1 aromatic heterocycles. The summed E-state index contributed by atoms with van der Waals surface area (Å²) in [6.07, 6.45) is 3.69. The Balaban J connectivity index is 1.98. The van der Waals surface area contributed by atoms with E-state index in [1.54, 1.807) is 0 Å². The van der Waals surface area contributed by atoms with Gasteiger partial charge in [0, 0.05) is 6.04 Å². The Hall–Kier alpha value is -1.59. The van der Waals surface area contributed by atoms with Crippen molar-refractivity contribution in [2.45, 2.75) is 25.8 Å². The van der Waals surface area contributed by atoms with Gasteiger partial charge in [-0.05, 0) is 30.6 Å². The molecule has 0 amide bonds. The van der Waals surface area contributed by atoms with E-state index in [9.17, 15) is 10.1 Å². The summed E-state index contributed by atoms with van der Waals surface area (Å²) in [4.78, 5) is 16.4. The van der Waals surface area contributed by atoms with Crippen molar-refractivity contribution >= 4 is 11.8 Å². The summed E-state index contributed by atoms with van der Waals surface area (Å²) >= 11 is 0. The Labute approximate surface area is 80.9 Å². The first kappa shape index (κ1) is 8.98. The maximum atomic E-state index is 10.4. The Morgan fingerprint density at radius 3 is 3.00 bits per heavy atom. The summed E-state index contributed by atoms with van der Waals surface area (Å²) in [6.45, 7) is 2.06. The zero-order chi connectivity index (χ0) is 10.1. The summed E-state index contributed by atoms with van der Waals surface area (Å²) in [5, 5.41) is 13.5. The van der Waals surface area contributed by atoms with Gasteiger partial charge in [-0.15, -0.1) is 0 Å². The number of nitro groups is 1. The molecule has 1 aliphatic carbocycles. The predicted molar refractivity (Wildman–Crippen MR) is 51.1 cm³/mol.